The zero-order valence-corrected chi connectivity index (χ0v) is 12.0. The lowest BCUT2D eigenvalue weighted by Gasteiger charge is -2.09. The summed E-state index contributed by atoms with van der Waals surface area (Å²) in [6.45, 7) is 4.77. The maximum Gasteiger partial charge on any atom is 0.331 e. The highest BCUT2D eigenvalue weighted by Gasteiger charge is 2.13. The summed E-state index contributed by atoms with van der Waals surface area (Å²) in [5.41, 5.74) is 1.81. The average Bonchev–Trinajstić information content (AvgIpc) is 2.30. The van der Waals surface area contributed by atoms with Gasteiger partial charge in [-0.05, 0) is 44.5 Å². The van der Waals surface area contributed by atoms with Crippen molar-refractivity contribution >= 4 is 33.5 Å². The highest BCUT2D eigenvalue weighted by atomic mass is 79.9. The number of halogens is 1. The summed E-state index contributed by atoms with van der Waals surface area (Å²) in [5.74, 6) is -1.49. The Balaban J connectivity index is 2.95. The van der Waals surface area contributed by atoms with Crippen LogP contribution in [0.3, 0.4) is 0 Å². The number of nitrogens with one attached hydrogen (secondary N) is 1. The number of rotatable bonds is 3. The molecule has 0 bridgehead atoms. The van der Waals surface area contributed by atoms with Crippen molar-refractivity contribution < 1.29 is 14.7 Å². The number of amides is 1. The lowest BCUT2D eigenvalue weighted by atomic mass is 10.1. The van der Waals surface area contributed by atoms with Gasteiger partial charge in [-0.25, -0.2) is 4.79 Å². The highest BCUT2D eigenvalue weighted by Crippen LogP contribution is 2.20. The first-order valence-electron chi connectivity index (χ1n) is 5.31. The quantitative estimate of drug-likeness (QED) is 0.843. The SMILES string of the molecule is C/C(C(=O)O)=C(\C)C(=O)Nc1ccc(Br)cc1C. The van der Waals surface area contributed by atoms with E-state index in [1.54, 1.807) is 6.07 Å². The van der Waals surface area contributed by atoms with Crippen molar-refractivity contribution in [2.75, 3.05) is 5.32 Å². The molecule has 0 spiro atoms. The van der Waals surface area contributed by atoms with Gasteiger partial charge >= 0.3 is 5.97 Å². The Morgan fingerprint density at radius 2 is 1.83 bits per heavy atom. The molecule has 4 nitrogen and oxygen atoms in total. The van der Waals surface area contributed by atoms with Crippen LogP contribution in [0.2, 0.25) is 0 Å². The van der Waals surface area contributed by atoms with Crippen LogP contribution in [0.25, 0.3) is 0 Å². The Morgan fingerprint density at radius 1 is 1.22 bits per heavy atom. The molecule has 0 saturated heterocycles. The molecule has 0 fully saturated rings. The third-order valence-corrected chi connectivity index (χ3v) is 3.15. The normalized spacial score (nSPS) is 11.8. The van der Waals surface area contributed by atoms with Gasteiger partial charge in [0.1, 0.15) is 0 Å². The molecule has 18 heavy (non-hydrogen) atoms. The van der Waals surface area contributed by atoms with Crippen molar-refractivity contribution in [1.82, 2.24) is 0 Å². The molecule has 1 aromatic rings. The smallest absolute Gasteiger partial charge is 0.331 e. The fourth-order valence-corrected chi connectivity index (χ4v) is 1.79. The van der Waals surface area contributed by atoms with Gasteiger partial charge in [0.15, 0.2) is 0 Å². The highest BCUT2D eigenvalue weighted by molar-refractivity contribution is 9.10. The van der Waals surface area contributed by atoms with E-state index >= 15 is 0 Å². The van der Waals surface area contributed by atoms with Crippen molar-refractivity contribution in [2.45, 2.75) is 20.8 Å². The van der Waals surface area contributed by atoms with Crippen LogP contribution in [-0.4, -0.2) is 17.0 Å². The van der Waals surface area contributed by atoms with E-state index in [1.165, 1.54) is 13.8 Å². The van der Waals surface area contributed by atoms with Gasteiger partial charge in [-0.3, -0.25) is 4.79 Å². The number of carboxylic acids is 1. The summed E-state index contributed by atoms with van der Waals surface area (Å²) in [4.78, 5) is 22.6. The van der Waals surface area contributed by atoms with E-state index in [2.05, 4.69) is 21.2 Å². The van der Waals surface area contributed by atoms with Crippen molar-refractivity contribution in [1.29, 1.82) is 0 Å². The molecule has 0 radical (unpaired) electrons. The molecule has 5 heteroatoms. The number of benzene rings is 1. The number of carbonyl (C=O) groups is 2. The van der Waals surface area contributed by atoms with Gasteiger partial charge in [-0.1, -0.05) is 15.9 Å². The first kappa shape index (κ1) is 14.4. The van der Waals surface area contributed by atoms with Crippen LogP contribution in [0.5, 0.6) is 0 Å². The molecule has 0 aromatic heterocycles. The molecule has 0 aliphatic heterocycles. The van der Waals surface area contributed by atoms with Crippen LogP contribution < -0.4 is 5.32 Å². The van der Waals surface area contributed by atoms with Gasteiger partial charge in [0.05, 0.1) is 0 Å². The molecule has 96 valence electrons. The molecule has 1 amide bonds. The zero-order valence-electron chi connectivity index (χ0n) is 10.4. The molecular weight excluding hydrogens is 298 g/mol. The van der Waals surface area contributed by atoms with Crippen LogP contribution in [0.15, 0.2) is 33.8 Å². The second-order valence-corrected chi connectivity index (χ2v) is 4.88. The molecular formula is C13H14BrNO3. The fraction of sp³-hybridized carbons (Fsp3) is 0.231. The summed E-state index contributed by atoms with van der Waals surface area (Å²) in [7, 11) is 0. The van der Waals surface area contributed by atoms with Crippen LogP contribution in [0.1, 0.15) is 19.4 Å². The number of aryl methyl sites for hydroxylation is 1. The number of hydrogen-bond donors (Lipinski definition) is 2. The number of hydrogen-bond acceptors (Lipinski definition) is 2. The van der Waals surface area contributed by atoms with Crippen LogP contribution in [-0.2, 0) is 9.59 Å². The molecule has 0 aliphatic carbocycles. The number of carbonyl (C=O) groups excluding carboxylic acids is 1. The fourth-order valence-electron chi connectivity index (χ4n) is 1.31. The van der Waals surface area contributed by atoms with Crippen molar-refractivity contribution in [3.8, 4) is 0 Å². The molecule has 0 atom stereocenters. The Labute approximate surface area is 114 Å². The largest absolute Gasteiger partial charge is 0.478 e. The van der Waals surface area contributed by atoms with Gasteiger partial charge in [0.2, 0.25) is 0 Å². The topological polar surface area (TPSA) is 66.4 Å². The van der Waals surface area contributed by atoms with Crippen molar-refractivity contribution in [3.63, 3.8) is 0 Å². The summed E-state index contributed by atoms with van der Waals surface area (Å²) in [5, 5.41) is 11.5. The minimum atomic E-state index is -1.09. The molecule has 0 heterocycles. The van der Waals surface area contributed by atoms with E-state index in [-0.39, 0.29) is 11.1 Å². The number of aliphatic carboxylic acids is 1. The second kappa shape index (κ2) is 5.82. The molecule has 2 N–H and O–H groups in total. The second-order valence-electron chi connectivity index (χ2n) is 3.97. The minimum Gasteiger partial charge on any atom is -0.478 e. The molecule has 0 aliphatic rings. The predicted molar refractivity (Wildman–Crippen MR) is 73.5 cm³/mol. The van der Waals surface area contributed by atoms with Crippen molar-refractivity contribution in [3.05, 3.63) is 39.4 Å². The minimum absolute atomic E-state index is 0.0438. The summed E-state index contributed by atoms with van der Waals surface area (Å²) in [6.07, 6.45) is 0. The average molecular weight is 312 g/mol. The van der Waals surface area contributed by atoms with Gasteiger partial charge in [0, 0.05) is 21.3 Å². The Bertz CT molecular complexity index is 535. The van der Waals surface area contributed by atoms with E-state index < -0.39 is 11.9 Å². The van der Waals surface area contributed by atoms with Crippen molar-refractivity contribution in [2.24, 2.45) is 0 Å². The standard InChI is InChI=1S/C13H14BrNO3/c1-7-6-10(14)4-5-11(7)15-12(16)8(2)9(3)13(17)18/h4-6H,1-3H3,(H,15,16)(H,17,18)/b9-8-. The lowest BCUT2D eigenvalue weighted by Crippen LogP contribution is -2.16. The Morgan fingerprint density at radius 3 is 2.33 bits per heavy atom. The van der Waals surface area contributed by atoms with E-state index in [0.717, 1.165) is 10.0 Å². The molecule has 0 saturated carbocycles. The van der Waals surface area contributed by atoms with Gasteiger partial charge in [-0.15, -0.1) is 0 Å². The zero-order chi connectivity index (χ0) is 13.9. The number of anilines is 1. The maximum atomic E-state index is 11.9. The lowest BCUT2D eigenvalue weighted by molar-refractivity contribution is -0.133. The van der Waals surface area contributed by atoms with Gasteiger partial charge < -0.3 is 10.4 Å². The third kappa shape index (κ3) is 3.43. The maximum absolute atomic E-state index is 11.9. The summed E-state index contributed by atoms with van der Waals surface area (Å²) >= 11 is 3.33. The predicted octanol–water partition coefficient (Wildman–Crippen LogP) is 3.12. The van der Waals surface area contributed by atoms with E-state index in [1.807, 2.05) is 19.1 Å². The summed E-state index contributed by atoms with van der Waals surface area (Å²) < 4.78 is 0.923. The van der Waals surface area contributed by atoms with Crippen LogP contribution >= 0.6 is 15.9 Å². The van der Waals surface area contributed by atoms with Gasteiger partial charge in [0.25, 0.3) is 5.91 Å². The molecule has 1 rings (SSSR count). The van der Waals surface area contributed by atoms with Crippen LogP contribution in [0, 0.1) is 6.92 Å². The van der Waals surface area contributed by atoms with E-state index in [4.69, 9.17) is 5.11 Å². The summed E-state index contributed by atoms with van der Waals surface area (Å²) in [6, 6.07) is 5.45. The third-order valence-electron chi connectivity index (χ3n) is 2.66. The monoisotopic (exact) mass is 311 g/mol. The molecule has 0 unspecified atom stereocenters. The Kier molecular flexibility index (Phi) is 4.67. The van der Waals surface area contributed by atoms with Gasteiger partial charge in [-0.2, -0.15) is 0 Å². The van der Waals surface area contributed by atoms with E-state index in [9.17, 15) is 9.59 Å². The van der Waals surface area contributed by atoms with E-state index in [0.29, 0.717) is 5.69 Å². The first-order chi connectivity index (χ1) is 8.32. The molecule has 1 aromatic carbocycles. The first-order valence-corrected chi connectivity index (χ1v) is 6.10. The Hall–Kier alpha value is -1.62. The number of carboxylic acid groups (broad SMARTS) is 1. The van der Waals surface area contributed by atoms with Crippen LogP contribution in [0.4, 0.5) is 5.69 Å².